The Hall–Kier alpha value is -1.68. The SMILES string of the molecule is CCNC(=NCC(=O)N1CCc2ccccc2C1)NCCc1ncc(C)s1.I. The molecule has 3 rings (SSSR count). The number of hydrogen-bond donors (Lipinski definition) is 2. The maximum atomic E-state index is 12.6. The van der Waals surface area contributed by atoms with Gasteiger partial charge < -0.3 is 15.5 Å². The van der Waals surface area contributed by atoms with Crippen molar-refractivity contribution in [1.82, 2.24) is 20.5 Å². The molecular weight excluding hydrogens is 485 g/mol. The average Bonchev–Trinajstić information content (AvgIpc) is 3.10. The highest BCUT2D eigenvalue weighted by Gasteiger charge is 2.19. The molecule has 2 N–H and O–H groups in total. The Labute approximate surface area is 187 Å². The molecule has 0 bridgehead atoms. The van der Waals surface area contributed by atoms with Crippen LogP contribution in [-0.2, 0) is 24.2 Å². The van der Waals surface area contributed by atoms with Crippen LogP contribution in [-0.4, -0.2) is 47.9 Å². The molecule has 8 heteroatoms. The first-order chi connectivity index (χ1) is 13.2. The number of nitrogens with one attached hydrogen (secondary N) is 2. The first-order valence-corrected chi connectivity index (χ1v) is 10.3. The molecule has 0 atom stereocenters. The minimum absolute atomic E-state index is 0. The third-order valence-electron chi connectivity index (χ3n) is 4.50. The minimum atomic E-state index is 0. The Morgan fingerprint density at radius 2 is 2.07 bits per heavy atom. The van der Waals surface area contributed by atoms with E-state index in [9.17, 15) is 4.79 Å². The van der Waals surface area contributed by atoms with Gasteiger partial charge in [0.15, 0.2) is 5.96 Å². The lowest BCUT2D eigenvalue weighted by Crippen LogP contribution is -2.41. The molecule has 1 amide bonds. The van der Waals surface area contributed by atoms with Crippen molar-refractivity contribution < 1.29 is 4.79 Å². The Kier molecular flexibility index (Phi) is 9.17. The van der Waals surface area contributed by atoms with Gasteiger partial charge in [0.05, 0.1) is 5.01 Å². The van der Waals surface area contributed by atoms with Gasteiger partial charge in [-0.2, -0.15) is 0 Å². The molecule has 2 heterocycles. The van der Waals surface area contributed by atoms with Crippen LogP contribution in [0.2, 0.25) is 0 Å². The number of halogens is 1. The molecule has 28 heavy (non-hydrogen) atoms. The van der Waals surface area contributed by atoms with Crippen LogP contribution in [0.4, 0.5) is 0 Å². The fourth-order valence-electron chi connectivity index (χ4n) is 3.10. The molecule has 152 valence electrons. The van der Waals surface area contributed by atoms with E-state index in [0.717, 1.165) is 37.5 Å². The van der Waals surface area contributed by atoms with Gasteiger partial charge in [-0.05, 0) is 31.4 Å². The summed E-state index contributed by atoms with van der Waals surface area (Å²) < 4.78 is 0. The molecular formula is C20H28IN5OS. The Bertz CT molecular complexity index is 807. The fraction of sp³-hybridized carbons (Fsp3) is 0.450. The highest BCUT2D eigenvalue weighted by atomic mass is 127. The summed E-state index contributed by atoms with van der Waals surface area (Å²) in [5.74, 6) is 0.744. The van der Waals surface area contributed by atoms with E-state index in [1.165, 1.54) is 16.0 Å². The number of nitrogens with zero attached hydrogens (tertiary/aromatic N) is 3. The topological polar surface area (TPSA) is 69.6 Å². The fourth-order valence-corrected chi connectivity index (χ4v) is 3.89. The summed E-state index contributed by atoms with van der Waals surface area (Å²) in [6.07, 6.45) is 3.66. The van der Waals surface area contributed by atoms with Gasteiger partial charge in [-0.25, -0.2) is 9.98 Å². The van der Waals surface area contributed by atoms with Crippen LogP contribution in [0.5, 0.6) is 0 Å². The number of carbonyl (C=O) groups excluding carboxylic acids is 1. The number of aromatic nitrogens is 1. The first-order valence-electron chi connectivity index (χ1n) is 9.43. The number of thiazole rings is 1. The molecule has 0 saturated heterocycles. The predicted octanol–water partition coefficient (Wildman–Crippen LogP) is 2.75. The van der Waals surface area contributed by atoms with Crippen LogP contribution in [0.1, 0.15) is 27.9 Å². The Morgan fingerprint density at radius 3 is 2.79 bits per heavy atom. The molecule has 0 aliphatic carbocycles. The zero-order chi connectivity index (χ0) is 19.1. The molecule has 0 spiro atoms. The van der Waals surface area contributed by atoms with Crippen LogP contribution >= 0.6 is 35.3 Å². The standard InChI is InChI=1S/C20H27N5OS.HI/c1-3-21-20(22-10-8-18-23-12-15(2)27-18)24-13-19(26)25-11-9-16-6-4-5-7-17(16)14-25;/h4-7,12H,3,8-11,13-14H2,1-2H3,(H2,21,22,24);1H. The van der Waals surface area contributed by atoms with Gasteiger partial charge in [0.25, 0.3) is 0 Å². The first kappa shape index (κ1) is 22.6. The van der Waals surface area contributed by atoms with Crippen molar-refractivity contribution in [1.29, 1.82) is 0 Å². The van der Waals surface area contributed by atoms with Crippen molar-refractivity contribution in [2.45, 2.75) is 33.2 Å². The third-order valence-corrected chi connectivity index (χ3v) is 5.47. The average molecular weight is 513 g/mol. The molecule has 1 aliphatic rings. The Balaban J connectivity index is 0.00000280. The number of benzene rings is 1. The van der Waals surface area contributed by atoms with Crippen molar-refractivity contribution in [3.8, 4) is 0 Å². The number of fused-ring (bicyclic) bond motifs is 1. The number of guanidine groups is 1. The van der Waals surface area contributed by atoms with Crippen LogP contribution in [0.3, 0.4) is 0 Å². The van der Waals surface area contributed by atoms with E-state index in [1.54, 1.807) is 11.3 Å². The van der Waals surface area contributed by atoms with Gasteiger partial charge in [-0.3, -0.25) is 4.79 Å². The van der Waals surface area contributed by atoms with Gasteiger partial charge in [0.2, 0.25) is 5.91 Å². The number of hydrogen-bond acceptors (Lipinski definition) is 4. The van der Waals surface area contributed by atoms with E-state index < -0.39 is 0 Å². The van der Waals surface area contributed by atoms with Crippen molar-refractivity contribution in [2.24, 2.45) is 4.99 Å². The predicted molar refractivity (Wildman–Crippen MR) is 126 cm³/mol. The summed E-state index contributed by atoms with van der Waals surface area (Å²) >= 11 is 1.71. The lowest BCUT2D eigenvalue weighted by atomic mass is 10.00. The van der Waals surface area contributed by atoms with Crippen molar-refractivity contribution >= 4 is 47.2 Å². The largest absolute Gasteiger partial charge is 0.357 e. The summed E-state index contributed by atoms with van der Waals surface area (Å²) in [6, 6.07) is 8.33. The zero-order valence-corrected chi connectivity index (χ0v) is 19.5. The smallest absolute Gasteiger partial charge is 0.244 e. The van der Waals surface area contributed by atoms with Gasteiger partial charge in [-0.1, -0.05) is 24.3 Å². The van der Waals surface area contributed by atoms with Gasteiger partial charge in [0, 0.05) is 43.7 Å². The summed E-state index contributed by atoms with van der Waals surface area (Å²) in [4.78, 5) is 24.5. The van der Waals surface area contributed by atoms with Crippen molar-refractivity contribution in [2.75, 3.05) is 26.2 Å². The number of aliphatic imine (C=N–C) groups is 1. The lowest BCUT2D eigenvalue weighted by molar-refractivity contribution is -0.130. The zero-order valence-electron chi connectivity index (χ0n) is 16.4. The summed E-state index contributed by atoms with van der Waals surface area (Å²) in [5.41, 5.74) is 2.59. The van der Waals surface area contributed by atoms with E-state index in [4.69, 9.17) is 0 Å². The maximum Gasteiger partial charge on any atom is 0.244 e. The second-order valence-corrected chi connectivity index (χ2v) is 7.89. The molecule has 1 aromatic heterocycles. The van der Waals surface area contributed by atoms with Gasteiger partial charge in [-0.15, -0.1) is 35.3 Å². The summed E-state index contributed by atoms with van der Waals surface area (Å²) in [5, 5.41) is 7.60. The molecule has 2 aromatic rings. The quantitative estimate of drug-likeness (QED) is 0.354. The van der Waals surface area contributed by atoms with Crippen molar-refractivity contribution in [3.63, 3.8) is 0 Å². The van der Waals surface area contributed by atoms with Crippen LogP contribution < -0.4 is 10.6 Å². The molecule has 0 saturated carbocycles. The number of carbonyl (C=O) groups is 1. The minimum Gasteiger partial charge on any atom is -0.357 e. The second kappa shape index (κ2) is 11.4. The third kappa shape index (κ3) is 6.44. The second-order valence-electron chi connectivity index (χ2n) is 6.57. The van der Waals surface area contributed by atoms with E-state index in [0.29, 0.717) is 12.5 Å². The van der Waals surface area contributed by atoms with E-state index >= 15 is 0 Å². The van der Waals surface area contributed by atoms with Crippen LogP contribution in [0, 0.1) is 6.92 Å². The monoisotopic (exact) mass is 513 g/mol. The maximum absolute atomic E-state index is 12.6. The van der Waals surface area contributed by atoms with E-state index in [-0.39, 0.29) is 36.4 Å². The molecule has 1 aliphatic heterocycles. The van der Waals surface area contributed by atoms with Crippen LogP contribution in [0.25, 0.3) is 0 Å². The molecule has 0 unspecified atom stereocenters. The van der Waals surface area contributed by atoms with E-state index in [2.05, 4.69) is 45.7 Å². The summed E-state index contributed by atoms with van der Waals surface area (Å²) in [7, 11) is 0. The van der Waals surface area contributed by atoms with E-state index in [1.807, 2.05) is 24.1 Å². The molecule has 0 fully saturated rings. The normalized spacial score (nSPS) is 13.5. The molecule has 0 radical (unpaired) electrons. The Morgan fingerprint density at radius 1 is 1.29 bits per heavy atom. The molecule has 6 nitrogen and oxygen atoms in total. The van der Waals surface area contributed by atoms with Crippen molar-refractivity contribution in [3.05, 3.63) is 51.5 Å². The van der Waals surface area contributed by atoms with Crippen LogP contribution in [0.15, 0.2) is 35.5 Å². The number of aryl methyl sites for hydroxylation is 1. The number of rotatable bonds is 6. The lowest BCUT2D eigenvalue weighted by Gasteiger charge is -2.28. The van der Waals surface area contributed by atoms with Gasteiger partial charge in [0.1, 0.15) is 6.54 Å². The highest BCUT2D eigenvalue weighted by Crippen LogP contribution is 2.18. The van der Waals surface area contributed by atoms with Gasteiger partial charge >= 0.3 is 0 Å². The molecule has 1 aromatic carbocycles. The number of amides is 1. The highest BCUT2D eigenvalue weighted by molar-refractivity contribution is 14.0. The summed E-state index contributed by atoms with van der Waals surface area (Å²) in [6.45, 7) is 7.18.